The van der Waals surface area contributed by atoms with Crippen LogP contribution in [0, 0.1) is 11.7 Å². The molecular weight excluding hydrogens is 333 g/mol. The lowest BCUT2D eigenvalue weighted by molar-refractivity contribution is -0.136. The molecule has 26 heavy (non-hydrogen) atoms. The molecule has 0 aliphatic carbocycles. The molecule has 0 aromatic heterocycles. The lowest BCUT2D eigenvalue weighted by Crippen LogP contribution is -2.49. The van der Waals surface area contributed by atoms with Crippen molar-refractivity contribution in [2.75, 3.05) is 31.5 Å². The summed E-state index contributed by atoms with van der Waals surface area (Å²) in [5, 5.41) is 2.87. The molecule has 2 aliphatic heterocycles. The van der Waals surface area contributed by atoms with Crippen LogP contribution in [0.2, 0.25) is 0 Å². The normalized spacial score (nSPS) is 20.2. The molecule has 2 amide bonds. The highest BCUT2D eigenvalue weighted by molar-refractivity contribution is 5.94. The second kappa shape index (κ2) is 8.62. The minimum Gasteiger partial charge on any atom is -0.342 e. The van der Waals surface area contributed by atoms with Crippen molar-refractivity contribution in [1.82, 2.24) is 9.80 Å². The van der Waals surface area contributed by atoms with Crippen molar-refractivity contribution in [2.45, 2.75) is 45.1 Å². The predicted molar refractivity (Wildman–Crippen MR) is 99.2 cm³/mol. The van der Waals surface area contributed by atoms with Gasteiger partial charge in [0.2, 0.25) is 11.8 Å². The van der Waals surface area contributed by atoms with E-state index in [0.29, 0.717) is 18.0 Å². The van der Waals surface area contributed by atoms with Gasteiger partial charge in [-0.25, -0.2) is 4.39 Å². The summed E-state index contributed by atoms with van der Waals surface area (Å²) in [6.45, 7) is 5.32. The summed E-state index contributed by atoms with van der Waals surface area (Å²) < 4.78 is 13.0. The highest BCUT2D eigenvalue weighted by Crippen LogP contribution is 2.24. The number of piperidine rings is 1. The Balaban J connectivity index is 1.53. The van der Waals surface area contributed by atoms with Gasteiger partial charge >= 0.3 is 0 Å². The first-order valence-corrected chi connectivity index (χ1v) is 9.67. The van der Waals surface area contributed by atoms with E-state index in [1.165, 1.54) is 12.1 Å². The Labute approximate surface area is 154 Å². The number of carbonyl (C=O) groups is 2. The number of halogens is 1. The minimum atomic E-state index is -0.320. The number of amides is 2. The summed E-state index contributed by atoms with van der Waals surface area (Å²) in [5.41, 5.74) is 0.606. The number of likely N-dealkylation sites (tertiary alicyclic amines) is 2. The summed E-state index contributed by atoms with van der Waals surface area (Å²) in [4.78, 5) is 29.3. The fourth-order valence-corrected chi connectivity index (χ4v) is 4.02. The van der Waals surface area contributed by atoms with Crippen LogP contribution in [0.3, 0.4) is 0 Å². The van der Waals surface area contributed by atoms with Crippen LogP contribution < -0.4 is 5.32 Å². The molecule has 2 heterocycles. The maximum atomic E-state index is 13.0. The van der Waals surface area contributed by atoms with Crippen LogP contribution in [0.4, 0.5) is 10.1 Å². The maximum Gasteiger partial charge on any atom is 0.241 e. The van der Waals surface area contributed by atoms with Gasteiger partial charge in [-0.2, -0.15) is 0 Å². The summed E-state index contributed by atoms with van der Waals surface area (Å²) in [6, 6.07) is 5.60. The van der Waals surface area contributed by atoms with Crippen molar-refractivity contribution < 1.29 is 14.0 Å². The van der Waals surface area contributed by atoms with Crippen LogP contribution in [0.15, 0.2) is 24.3 Å². The number of rotatable bonds is 5. The average molecular weight is 361 g/mol. The quantitative estimate of drug-likeness (QED) is 0.877. The van der Waals surface area contributed by atoms with Crippen molar-refractivity contribution in [3.05, 3.63) is 30.1 Å². The van der Waals surface area contributed by atoms with Crippen LogP contribution in [0.25, 0.3) is 0 Å². The van der Waals surface area contributed by atoms with E-state index in [4.69, 9.17) is 0 Å². The number of hydrogen-bond acceptors (Lipinski definition) is 3. The lowest BCUT2D eigenvalue weighted by atomic mass is 9.93. The van der Waals surface area contributed by atoms with Gasteiger partial charge in [0, 0.05) is 24.7 Å². The van der Waals surface area contributed by atoms with Crippen molar-refractivity contribution in [3.63, 3.8) is 0 Å². The van der Waals surface area contributed by atoms with E-state index in [1.54, 1.807) is 12.1 Å². The molecule has 1 aromatic carbocycles. The van der Waals surface area contributed by atoms with Gasteiger partial charge < -0.3 is 10.2 Å². The summed E-state index contributed by atoms with van der Waals surface area (Å²) >= 11 is 0. The van der Waals surface area contributed by atoms with Gasteiger partial charge in [-0.3, -0.25) is 14.5 Å². The lowest BCUT2D eigenvalue weighted by Gasteiger charge is -2.37. The number of anilines is 1. The molecule has 142 valence electrons. The molecule has 2 fully saturated rings. The first-order chi connectivity index (χ1) is 12.6. The third-order valence-corrected chi connectivity index (χ3v) is 5.54. The molecule has 0 spiro atoms. The largest absolute Gasteiger partial charge is 0.342 e. The van der Waals surface area contributed by atoms with Crippen LogP contribution in [0.5, 0.6) is 0 Å². The third-order valence-electron chi connectivity index (χ3n) is 5.54. The van der Waals surface area contributed by atoms with Crippen molar-refractivity contribution in [1.29, 1.82) is 0 Å². The molecule has 3 rings (SSSR count). The van der Waals surface area contributed by atoms with Crippen molar-refractivity contribution >= 4 is 17.5 Å². The Kier molecular flexibility index (Phi) is 6.25. The zero-order chi connectivity index (χ0) is 18.5. The van der Waals surface area contributed by atoms with Crippen molar-refractivity contribution in [2.24, 2.45) is 5.92 Å². The average Bonchev–Trinajstić information content (AvgIpc) is 3.19. The molecule has 2 saturated heterocycles. The Bertz CT molecular complexity index is 620. The Hall–Kier alpha value is -1.95. The molecule has 0 bridgehead atoms. The minimum absolute atomic E-state index is 0.0663. The Morgan fingerprint density at radius 2 is 1.73 bits per heavy atom. The molecule has 0 saturated carbocycles. The van der Waals surface area contributed by atoms with Gasteiger partial charge in [0.05, 0.1) is 6.04 Å². The van der Waals surface area contributed by atoms with Crippen molar-refractivity contribution in [3.8, 4) is 0 Å². The van der Waals surface area contributed by atoms with E-state index in [-0.39, 0.29) is 23.7 Å². The second-order valence-electron chi connectivity index (χ2n) is 7.26. The zero-order valence-electron chi connectivity index (χ0n) is 15.4. The van der Waals surface area contributed by atoms with Crippen LogP contribution in [0.1, 0.15) is 39.0 Å². The number of nitrogens with one attached hydrogen (secondary N) is 1. The molecule has 5 nitrogen and oxygen atoms in total. The van der Waals surface area contributed by atoms with E-state index >= 15 is 0 Å². The van der Waals surface area contributed by atoms with Gasteiger partial charge in [0.1, 0.15) is 5.82 Å². The molecule has 6 heteroatoms. The molecular formula is C20H28FN3O2. The molecule has 1 atom stereocenters. The maximum absolute atomic E-state index is 13.0. The van der Waals surface area contributed by atoms with Gasteiger partial charge in [0.25, 0.3) is 0 Å². The second-order valence-corrected chi connectivity index (χ2v) is 7.26. The number of nitrogens with zero attached hydrogens (tertiary/aromatic N) is 2. The van der Waals surface area contributed by atoms with E-state index in [9.17, 15) is 14.0 Å². The summed E-state index contributed by atoms with van der Waals surface area (Å²) in [6.07, 6.45) is 4.57. The fraction of sp³-hybridized carbons (Fsp3) is 0.600. The van der Waals surface area contributed by atoms with Gasteiger partial charge in [-0.05, 0) is 69.5 Å². The predicted octanol–water partition coefficient (Wildman–Crippen LogP) is 2.88. The summed E-state index contributed by atoms with van der Waals surface area (Å²) in [5.74, 6) is 0.0104. The fourth-order valence-electron chi connectivity index (χ4n) is 4.02. The monoisotopic (exact) mass is 361 g/mol. The highest BCUT2D eigenvalue weighted by atomic mass is 19.1. The topological polar surface area (TPSA) is 52.7 Å². The van der Waals surface area contributed by atoms with E-state index in [0.717, 1.165) is 51.9 Å². The molecule has 1 unspecified atom stereocenters. The highest BCUT2D eigenvalue weighted by Gasteiger charge is 2.33. The summed E-state index contributed by atoms with van der Waals surface area (Å²) in [7, 11) is 0. The Morgan fingerprint density at radius 1 is 1.12 bits per heavy atom. The molecule has 2 aliphatic rings. The zero-order valence-corrected chi connectivity index (χ0v) is 15.4. The third kappa shape index (κ3) is 4.41. The molecule has 0 radical (unpaired) electrons. The molecule has 1 N–H and O–H groups in total. The van der Waals surface area contributed by atoms with Crippen LogP contribution in [-0.4, -0.2) is 53.8 Å². The Morgan fingerprint density at radius 3 is 2.31 bits per heavy atom. The standard InChI is InChI=1S/C20H28FN3O2/c1-2-18(19(25)22-17-7-5-16(21)6-8-17)23-13-9-15(10-14-23)20(26)24-11-3-4-12-24/h5-8,15,18H,2-4,9-14H2,1H3,(H,22,25). The number of benzene rings is 1. The van der Waals surface area contributed by atoms with Crippen LogP contribution in [-0.2, 0) is 9.59 Å². The first kappa shape index (κ1) is 18.8. The van der Waals surface area contributed by atoms with E-state index in [2.05, 4.69) is 10.2 Å². The van der Waals surface area contributed by atoms with Gasteiger partial charge in [-0.1, -0.05) is 6.92 Å². The number of hydrogen-bond donors (Lipinski definition) is 1. The van der Waals surface area contributed by atoms with E-state index in [1.807, 2.05) is 11.8 Å². The van der Waals surface area contributed by atoms with Crippen LogP contribution >= 0.6 is 0 Å². The smallest absolute Gasteiger partial charge is 0.241 e. The van der Waals surface area contributed by atoms with E-state index < -0.39 is 0 Å². The number of carbonyl (C=O) groups excluding carboxylic acids is 2. The molecule has 1 aromatic rings. The SMILES string of the molecule is CCC(C(=O)Nc1ccc(F)cc1)N1CCC(C(=O)N2CCCC2)CC1. The first-order valence-electron chi connectivity index (χ1n) is 9.67. The van der Waals surface area contributed by atoms with Gasteiger partial charge in [-0.15, -0.1) is 0 Å². The van der Waals surface area contributed by atoms with Gasteiger partial charge in [0.15, 0.2) is 0 Å².